The van der Waals surface area contributed by atoms with Crippen LogP contribution in [0.15, 0.2) is 30.2 Å². The van der Waals surface area contributed by atoms with Crippen LogP contribution in [0.25, 0.3) is 0 Å². The van der Waals surface area contributed by atoms with Crippen molar-refractivity contribution in [2.45, 2.75) is 39.1 Å². The molecule has 1 aromatic rings. The van der Waals surface area contributed by atoms with Crippen molar-refractivity contribution in [2.24, 2.45) is 0 Å². The summed E-state index contributed by atoms with van der Waals surface area (Å²) in [7, 11) is 0. The summed E-state index contributed by atoms with van der Waals surface area (Å²) in [6.07, 6.45) is -2.61. The van der Waals surface area contributed by atoms with Gasteiger partial charge in [0.25, 0.3) is 0 Å². The monoisotopic (exact) mass is 315 g/mol. The maximum atomic E-state index is 12.9. The lowest BCUT2D eigenvalue weighted by atomic mass is 10.0. The minimum absolute atomic E-state index is 0.0104. The van der Waals surface area contributed by atoms with Crippen LogP contribution in [0.2, 0.25) is 0 Å². The van der Waals surface area contributed by atoms with Gasteiger partial charge in [-0.05, 0) is 44.5 Å². The van der Waals surface area contributed by atoms with E-state index in [0.29, 0.717) is 12.1 Å². The highest BCUT2D eigenvalue weighted by molar-refractivity contribution is 5.46. The van der Waals surface area contributed by atoms with Crippen LogP contribution in [0.1, 0.15) is 37.9 Å². The van der Waals surface area contributed by atoms with E-state index >= 15 is 0 Å². The molecule has 1 heterocycles. The average molecular weight is 315 g/mol. The molecule has 0 radical (unpaired) electrons. The molecule has 2 rings (SSSR count). The lowest BCUT2D eigenvalue weighted by Crippen LogP contribution is -2.43. The molecule has 22 heavy (non-hydrogen) atoms. The van der Waals surface area contributed by atoms with E-state index in [0.717, 1.165) is 17.9 Å². The molecule has 7 heteroatoms. The zero-order valence-electron chi connectivity index (χ0n) is 12.7. The van der Waals surface area contributed by atoms with Crippen molar-refractivity contribution < 1.29 is 17.9 Å². The topological polar surface area (TPSA) is 50.5 Å². The van der Waals surface area contributed by atoms with E-state index in [9.17, 15) is 13.2 Å². The van der Waals surface area contributed by atoms with E-state index in [4.69, 9.17) is 10.5 Å². The third-order valence-corrected chi connectivity index (χ3v) is 3.34. The molecule has 0 amide bonds. The molecule has 122 valence electrons. The van der Waals surface area contributed by atoms with E-state index in [1.807, 2.05) is 18.9 Å². The summed E-state index contributed by atoms with van der Waals surface area (Å²) < 4.78 is 44.1. The molecule has 0 spiro atoms. The number of nitrogen functional groups attached to an aromatic ring is 1. The van der Waals surface area contributed by atoms with Gasteiger partial charge in [-0.15, -0.1) is 0 Å². The SMILES string of the molecule is CC1=CN(NC(C)c2cc(N)cc(C(F)(F)F)c2)CC(C)O1. The molecule has 0 saturated carbocycles. The van der Waals surface area contributed by atoms with Gasteiger partial charge in [0, 0.05) is 11.7 Å². The molecular weight excluding hydrogens is 295 g/mol. The van der Waals surface area contributed by atoms with Gasteiger partial charge in [0.1, 0.15) is 11.9 Å². The highest BCUT2D eigenvalue weighted by Crippen LogP contribution is 2.32. The fourth-order valence-electron chi connectivity index (χ4n) is 2.44. The van der Waals surface area contributed by atoms with E-state index < -0.39 is 11.7 Å². The van der Waals surface area contributed by atoms with Gasteiger partial charge in [0.05, 0.1) is 18.3 Å². The Morgan fingerprint density at radius 3 is 2.64 bits per heavy atom. The normalized spacial score (nSPS) is 20.4. The molecule has 1 aliphatic rings. The summed E-state index contributed by atoms with van der Waals surface area (Å²) in [5.74, 6) is 0.752. The second-order valence-corrected chi connectivity index (χ2v) is 5.56. The summed E-state index contributed by atoms with van der Waals surface area (Å²) in [6.45, 7) is 6.16. The maximum absolute atomic E-state index is 12.9. The molecule has 0 aliphatic carbocycles. The Kier molecular flexibility index (Phi) is 4.55. The van der Waals surface area contributed by atoms with Gasteiger partial charge >= 0.3 is 6.18 Å². The summed E-state index contributed by atoms with van der Waals surface area (Å²) in [6, 6.07) is 3.29. The van der Waals surface area contributed by atoms with Crippen molar-refractivity contribution in [3.8, 4) is 0 Å². The van der Waals surface area contributed by atoms with Crippen molar-refractivity contribution in [1.82, 2.24) is 10.4 Å². The van der Waals surface area contributed by atoms with Crippen molar-refractivity contribution in [3.05, 3.63) is 41.3 Å². The molecule has 1 aromatic carbocycles. The van der Waals surface area contributed by atoms with Crippen LogP contribution < -0.4 is 11.2 Å². The molecule has 2 unspecified atom stereocenters. The number of anilines is 1. The van der Waals surface area contributed by atoms with Crippen molar-refractivity contribution >= 4 is 5.69 Å². The quantitative estimate of drug-likeness (QED) is 0.839. The van der Waals surface area contributed by atoms with Gasteiger partial charge in [0.2, 0.25) is 0 Å². The van der Waals surface area contributed by atoms with Crippen LogP contribution >= 0.6 is 0 Å². The zero-order valence-corrected chi connectivity index (χ0v) is 12.7. The van der Waals surface area contributed by atoms with Gasteiger partial charge in [-0.3, -0.25) is 0 Å². The number of ether oxygens (including phenoxy) is 1. The number of halogens is 3. The molecule has 3 N–H and O–H groups in total. The smallest absolute Gasteiger partial charge is 0.416 e. The van der Waals surface area contributed by atoms with Gasteiger partial charge in [-0.2, -0.15) is 13.2 Å². The van der Waals surface area contributed by atoms with Gasteiger partial charge in [-0.25, -0.2) is 5.43 Å². The lowest BCUT2D eigenvalue weighted by Gasteiger charge is -2.33. The van der Waals surface area contributed by atoms with Crippen LogP contribution in [0.5, 0.6) is 0 Å². The highest BCUT2D eigenvalue weighted by atomic mass is 19.4. The van der Waals surface area contributed by atoms with E-state index in [2.05, 4.69) is 5.43 Å². The Balaban J connectivity index is 2.17. The maximum Gasteiger partial charge on any atom is 0.416 e. The predicted molar refractivity (Wildman–Crippen MR) is 78.4 cm³/mol. The summed E-state index contributed by atoms with van der Waals surface area (Å²) in [5, 5.41) is 1.82. The number of allylic oxidation sites excluding steroid dienone is 1. The fourth-order valence-corrected chi connectivity index (χ4v) is 2.44. The largest absolute Gasteiger partial charge is 0.492 e. The first-order chi connectivity index (χ1) is 10.1. The fraction of sp³-hybridized carbons (Fsp3) is 0.467. The molecule has 0 bridgehead atoms. The molecular formula is C15H20F3N3O. The van der Waals surface area contributed by atoms with Gasteiger partial charge in [0.15, 0.2) is 0 Å². The number of nitrogens with two attached hydrogens (primary N) is 1. The van der Waals surface area contributed by atoms with Crippen LogP contribution in [0.3, 0.4) is 0 Å². The third kappa shape index (κ3) is 4.07. The molecule has 0 aromatic heterocycles. The third-order valence-electron chi connectivity index (χ3n) is 3.34. The first-order valence-electron chi connectivity index (χ1n) is 7.00. The Labute approximate surface area is 127 Å². The van der Waals surface area contributed by atoms with Crippen LogP contribution in [-0.2, 0) is 10.9 Å². The van der Waals surface area contributed by atoms with Crippen LogP contribution in [-0.4, -0.2) is 17.7 Å². The molecule has 1 aliphatic heterocycles. The number of hydrogen-bond acceptors (Lipinski definition) is 4. The molecule has 4 nitrogen and oxygen atoms in total. The van der Waals surface area contributed by atoms with E-state index in [1.54, 1.807) is 19.2 Å². The predicted octanol–water partition coefficient (Wildman–Crippen LogP) is 3.44. The van der Waals surface area contributed by atoms with Crippen molar-refractivity contribution in [3.63, 3.8) is 0 Å². The number of nitrogens with zero attached hydrogens (tertiary/aromatic N) is 1. The Bertz CT molecular complexity index is 572. The first kappa shape index (κ1) is 16.5. The second kappa shape index (κ2) is 6.08. The zero-order chi connectivity index (χ0) is 16.5. The minimum Gasteiger partial charge on any atom is -0.492 e. The van der Waals surface area contributed by atoms with Gasteiger partial charge < -0.3 is 15.5 Å². The minimum atomic E-state index is -4.41. The van der Waals surface area contributed by atoms with Crippen molar-refractivity contribution in [2.75, 3.05) is 12.3 Å². The lowest BCUT2D eigenvalue weighted by molar-refractivity contribution is -0.137. The Morgan fingerprint density at radius 2 is 2.05 bits per heavy atom. The molecule has 2 atom stereocenters. The Morgan fingerprint density at radius 1 is 1.36 bits per heavy atom. The van der Waals surface area contributed by atoms with E-state index in [-0.39, 0.29) is 17.8 Å². The summed E-state index contributed by atoms with van der Waals surface area (Å²) >= 11 is 0. The summed E-state index contributed by atoms with van der Waals surface area (Å²) in [5.41, 5.74) is 8.60. The second-order valence-electron chi connectivity index (χ2n) is 5.56. The number of nitrogens with one attached hydrogen (secondary N) is 1. The highest BCUT2D eigenvalue weighted by Gasteiger charge is 2.31. The number of alkyl halides is 3. The number of rotatable bonds is 3. The number of hydrazine groups is 1. The van der Waals surface area contributed by atoms with Crippen molar-refractivity contribution in [1.29, 1.82) is 0 Å². The van der Waals surface area contributed by atoms with Gasteiger partial charge in [-0.1, -0.05) is 0 Å². The van der Waals surface area contributed by atoms with E-state index in [1.165, 1.54) is 0 Å². The average Bonchev–Trinajstić information content (AvgIpc) is 2.35. The molecule has 0 saturated heterocycles. The number of hydrogen-bond donors (Lipinski definition) is 2. The summed E-state index contributed by atoms with van der Waals surface area (Å²) in [4.78, 5) is 0. The Hall–Kier alpha value is -1.89. The molecule has 0 fully saturated rings. The standard InChI is InChI=1S/C15H20F3N3O/c1-9-7-21(8-10(2)22-9)20-11(3)12-4-13(15(16,17)18)6-14(19)5-12/h4-7,10-11,20H,8,19H2,1-3H3. The van der Waals surface area contributed by atoms with Crippen LogP contribution in [0.4, 0.5) is 18.9 Å². The number of benzene rings is 1. The first-order valence-corrected chi connectivity index (χ1v) is 7.00. The van der Waals surface area contributed by atoms with Crippen LogP contribution in [0, 0.1) is 0 Å².